The molecule has 0 radical (unpaired) electrons. The van der Waals surface area contributed by atoms with Crippen LogP contribution in [0.5, 0.6) is 17.2 Å². The Morgan fingerprint density at radius 3 is 2.34 bits per heavy atom. The molecule has 1 fully saturated rings. The molecule has 1 aliphatic rings. The zero-order valence-corrected chi connectivity index (χ0v) is 28.7. The van der Waals surface area contributed by atoms with Crippen molar-refractivity contribution < 1.29 is 28.5 Å². The van der Waals surface area contributed by atoms with Gasteiger partial charge in [0, 0.05) is 39.4 Å². The van der Waals surface area contributed by atoms with E-state index in [4.69, 9.17) is 36.3 Å². The molecule has 254 valence electrons. The van der Waals surface area contributed by atoms with Gasteiger partial charge in [-0.25, -0.2) is 4.79 Å². The van der Waals surface area contributed by atoms with Crippen LogP contribution >= 0.6 is 11.6 Å². The molecule has 1 saturated carbocycles. The van der Waals surface area contributed by atoms with Gasteiger partial charge in [-0.3, -0.25) is 4.79 Å². The topological polar surface area (TPSA) is 112 Å². The molecule has 1 aliphatic carbocycles. The number of nitrogens with one attached hydrogen (secondary N) is 1. The zero-order valence-electron chi connectivity index (χ0n) is 28.0. The molecule has 2 amide bonds. The Morgan fingerprint density at radius 2 is 1.68 bits per heavy atom. The number of halogens is 1. The van der Waals surface area contributed by atoms with E-state index in [1.54, 1.807) is 7.11 Å². The molecular formula is C37H48ClN3O6. The molecule has 0 aromatic heterocycles. The van der Waals surface area contributed by atoms with Crippen LogP contribution in [-0.2, 0) is 28.9 Å². The number of benzene rings is 3. The van der Waals surface area contributed by atoms with Crippen LogP contribution in [0.3, 0.4) is 0 Å². The van der Waals surface area contributed by atoms with Crippen LogP contribution in [-0.4, -0.2) is 63.0 Å². The summed E-state index contributed by atoms with van der Waals surface area (Å²) >= 11 is 6.34. The minimum absolute atomic E-state index is 0.0357. The number of methoxy groups -OCH3 is 1. The minimum atomic E-state index is -0.502. The maximum Gasteiger partial charge on any atom is 0.412 e. The first-order valence-corrected chi connectivity index (χ1v) is 16.8. The summed E-state index contributed by atoms with van der Waals surface area (Å²) in [5.41, 5.74) is 11.2. The van der Waals surface area contributed by atoms with Crippen molar-refractivity contribution in [1.82, 2.24) is 10.2 Å². The van der Waals surface area contributed by atoms with Gasteiger partial charge in [0.05, 0.1) is 10.9 Å². The van der Waals surface area contributed by atoms with E-state index in [1.807, 2.05) is 74.2 Å². The summed E-state index contributed by atoms with van der Waals surface area (Å²) in [7, 11) is 1.68. The molecule has 47 heavy (non-hydrogen) atoms. The molecule has 0 saturated heterocycles. The monoisotopic (exact) mass is 665 g/mol. The zero-order chi connectivity index (χ0) is 33.8. The van der Waals surface area contributed by atoms with Crippen molar-refractivity contribution in [2.45, 2.75) is 65.5 Å². The number of ether oxygens (including phenoxy) is 4. The summed E-state index contributed by atoms with van der Waals surface area (Å²) in [6.07, 6.45) is 3.55. The normalized spacial score (nSPS) is 13.1. The number of hydrogen-bond acceptors (Lipinski definition) is 7. The number of carbonyl (C=O) groups excluding carboxylic acids is 2. The molecule has 0 spiro atoms. The lowest BCUT2D eigenvalue weighted by Gasteiger charge is -2.27. The Balaban J connectivity index is 1.36. The van der Waals surface area contributed by atoms with Crippen molar-refractivity contribution in [3.05, 3.63) is 87.4 Å². The highest BCUT2D eigenvalue weighted by Gasteiger charge is 2.35. The standard InChI is InChI=1S/C37H48ClN3O6/c1-5-40-37(43)47-33-21-28(7-6-14-44-4)19-29(22-33)24-41(31-10-11-31)36(42)30(23-39)20-27-8-12-32(13-9-27)45-15-16-46-35-26(3)17-25(2)18-34(35)38/h8-9,12-13,17-19,21-22,30-31H,5-7,10-11,14-16,20,23-24,39H2,1-4H3,(H,40,43). The second kappa shape index (κ2) is 17.9. The van der Waals surface area contributed by atoms with E-state index in [-0.39, 0.29) is 24.4 Å². The molecule has 1 atom stereocenters. The van der Waals surface area contributed by atoms with E-state index in [1.165, 1.54) is 0 Å². The second-order valence-corrected chi connectivity index (χ2v) is 12.5. The number of nitrogens with zero attached hydrogens (tertiary/aromatic N) is 1. The number of nitrogens with two attached hydrogens (primary N) is 1. The third-order valence-electron chi connectivity index (χ3n) is 8.01. The lowest BCUT2D eigenvalue weighted by molar-refractivity contribution is -0.136. The largest absolute Gasteiger partial charge is 0.490 e. The van der Waals surface area contributed by atoms with Crippen molar-refractivity contribution in [3.8, 4) is 17.2 Å². The van der Waals surface area contributed by atoms with Gasteiger partial charge in [-0.1, -0.05) is 35.9 Å². The van der Waals surface area contributed by atoms with E-state index in [9.17, 15) is 9.59 Å². The van der Waals surface area contributed by atoms with Crippen molar-refractivity contribution in [1.29, 1.82) is 0 Å². The summed E-state index contributed by atoms with van der Waals surface area (Å²) < 4.78 is 22.5. The third kappa shape index (κ3) is 11.2. The highest BCUT2D eigenvalue weighted by Crippen LogP contribution is 2.32. The van der Waals surface area contributed by atoms with Gasteiger partial charge >= 0.3 is 6.09 Å². The lowest BCUT2D eigenvalue weighted by Crippen LogP contribution is -2.41. The van der Waals surface area contributed by atoms with Gasteiger partial charge in [0.1, 0.15) is 30.5 Å². The average molecular weight is 666 g/mol. The molecule has 0 aliphatic heterocycles. The first-order valence-electron chi connectivity index (χ1n) is 16.4. The van der Waals surface area contributed by atoms with Gasteiger partial charge in [-0.15, -0.1) is 0 Å². The van der Waals surface area contributed by atoms with Gasteiger partial charge in [0.2, 0.25) is 5.91 Å². The maximum absolute atomic E-state index is 13.9. The van der Waals surface area contributed by atoms with E-state index in [0.717, 1.165) is 59.3 Å². The fourth-order valence-electron chi connectivity index (χ4n) is 5.60. The predicted octanol–water partition coefficient (Wildman–Crippen LogP) is 6.41. The Kier molecular flexibility index (Phi) is 13.8. The highest BCUT2D eigenvalue weighted by atomic mass is 35.5. The minimum Gasteiger partial charge on any atom is -0.490 e. The van der Waals surface area contributed by atoms with Crippen LogP contribution in [0, 0.1) is 19.8 Å². The molecule has 4 rings (SSSR count). The van der Waals surface area contributed by atoms with Crippen molar-refractivity contribution in [2.24, 2.45) is 11.7 Å². The SMILES string of the molecule is CCNC(=O)Oc1cc(CCCOC)cc(CN(C(=O)C(CN)Cc2ccc(OCCOc3c(C)cc(C)cc3Cl)cc2)C2CC2)c1. The molecule has 3 aromatic rings. The maximum atomic E-state index is 13.9. The fourth-order valence-corrected chi connectivity index (χ4v) is 5.98. The van der Waals surface area contributed by atoms with Crippen LogP contribution in [0.15, 0.2) is 54.6 Å². The molecule has 0 bridgehead atoms. The van der Waals surface area contributed by atoms with E-state index in [0.29, 0.717) is 55.9 Å². The molecule has 3 N–H and O–H groups in total. The van der Waals surface area contributed by atoms with Gasteiger partial charge < -0.3 is 34.9 Å². The third-order valence-corrected chi connectivity index (χ3v) is 8.29. The average Bonchev–Trinajstić information content (AvgIpc) is 3.88. The number of rotatable bonds is 18. The van der Waals surface area contributed by atoms with Crippen molar-refractivity contribution in [3.63, 3.8) is 0 Å². The first kappa shape index (κ1) is 36.1. The smallest absolute Gasteiger partial charge is 0.412 e. The molecular weight excluding hydrogens is 618 g/mol. The van der Waals surface area contributed by atoms with Crippen LogP contribution in [0.2, 0.25) is 5.02 Å². The molecule has 0 heterocycles. The van der Waals surface area contributed by atoms with Crippen molar-refractivity contribution in [2.75, 3.05) is 40.0 Å². The highest BCUT2D eigenvalue weighted by molar-refractivity contribution is 6.32. The van der Waals surface area contributed by atoms with E-state index in [2.05, 4.69) is 11.4 Å². The Bertz CT molecular complexity index is 1450. The van der Waals surface area contributed by atoms with Crippen LogP contribution in [0.1, 0.15) is 54.0 Å². The summed E-state index contributed by atoms with van der Waals surface area (Å²) in [6, 6.07) is 17.7. The van der Waals surface area contributed by atoms with Crippen LogP contribution in [0.25, 0.3) is 0 Å². The lowest BCUT2D eigenvalue weighted by atomic mass is 9.97. The van der Waals surface area contributed by atoms with Gasteiger partial charge in [-0.05, 0) is 111 Å². The Labute approximate surface area is 283 Å². The summed E-state index contributed by atoms with van der Waals surface area (Å²) in [6.45, 7) is 8.30. The second-order valence-electron chi connectivity index (χ2n) is 12.1. The van der Waals surface area contributed by atoms with Gasteiger partial charge in [-0.2, -0.15) is 0 Å². The van der Waals surface area contributed by atoms with Crippen molar-refractivity contribution >= 4 is 23.6 Å². The Morgan fingerprint density at radius 1 is 0.957 bits per heavy atom. The molecule has 10 heteroatoms. The number of carbonyl (C=O) groups is 2. The van der Waals surface area contributed by atoms with E-state index < -0.39 is 6.09 Å². The quantitative estimate of drug-likeness (QED) is 0.151. The van der Waals surface area contributed by atoms with Crippen LogP contribution in [0.4, 0.5) is 4.79 Å². The number of hydrogen-bond donors (Lipinski definition) is 2. The number of aryl methyl sites for hydroxylation is 3. The van der Waals surface area contributed by atoms with Crippen LogP contribution < -0.4 is 25.3 Å². The molecule has 9 nitrogen and oxygen atoms in total. The summed E-state index contributed by atoms with van der Waals surface area (Å²) in [5, 5.41) is 3.26. The predicted molar refractivity (Wildman–Crippen MR) is 185 cm³/mol. The summed E-state index contributed by atoms with van der Waals surface area (Å²) in [4.78, 5) is 28.0. The fraction of sp³-hybridized carbons (Fsp3) is 0.459. The molecule has 3 aromatic carbocycles. The Hall–Kier alpha value is -3.79. The van der Waals surface area contributed by atoms with Gasteiger partial charge in [0.15, 0.2) is 0 Å². The molecule has 1 unspecified atom stereocenters. The first-order chi connectivity index (χ1) is 22.7. The van der Waals surface area contributed by atoms with Gasteiger partial charge in [0.25, 0.3) is 0 Å². The summed E-state index contributed by atoms with van der Waals surface area (Å²) in [5.74, 6) is 1.53. The number of amides is 2. The van der Waals surface area contributed by atoms with E-state index >= 15 is 0 Å².